The van der Waals surface area contributed by atoms with Crippen molar-refractivity contribution in [1.29, 1.82) is 0 Å². The molecule has 0 bridgehead atoms. The number of carbonyl (C=O) groups is 1. The van der Waals surface area contributed by atoms with Crippen LogP contribution in [0.25, 0.3) is 0 Å². The molecule has 0 aliphatic carbocycles. The van der Waals surface area contributed by atoms with Gasteiger partial charge in [0.15, 0.2) is 0 Å². The van der Waals surface area contributed by atoms with E-state index in [1.54, 1.807) is 6.92 Å². The zero-order valence-electron chi connectivity index (χ0n) is 11.5. The standard InChI is InChI=1S/C13H26N2O2/c1-10(2)13(4,17)9-15-7-5-12(6-8-15)14-11(3)16/h10,12,17H,5-9H2,1-4H3,(H,14,16). The van der Waals surface area contributed by atoms with Gasteiger partial charge in [-0.15, -0.1) is 0 Å². The van der Waals surface area contributed by atoms with Crippen LogP contribution < -0.4 is 5.32 Å². The van der Waals surface area contributed by atoms with Crippen molar-refractivity contribution < 1.29 is 9.90 Å². The van der Waals surface area contributed by atoms with Gasteiger partial charge in [-0.05, 0) is 25.7 Å². The fraction of sp³-hybridized carbons (Fsp3) is 0.923. The summed E-state index contributed by atoms with van der Waals surface area (Å²) in [6.45, 7) is 10.2. The summed E-state index contributed by atoms with van der Waals surface area (Å²) in [6.07, 6.45) is 1.96. The second-order valence-corrected chi connectivity index (χ2v) is 5.76. The van der Waals surface area contributed by atoms with Crippen molar-refractivity contribution in [3.8, 4) is 0 Å². The monoisotopic (exact) mass is 242 g/mol. The number of piperidine rings is 1. The molecule has 0 spiro atoms. The molecule has 1 saturated heterocycles. The van der Waals surface area contributed by atoms with E-state index in [2.05, 4.69) is 10.2 Å². The Morgan fingerprint density at radius 1 is 1.47 bits per heavy atom. The van der Waals surface area contributed by atoms with E-state index in [0.29, 0.717) is 6.04 Å². The number of hydrogen-bond acceptors (Lipinski definition) is 3. The molecule has 0 radical (unpaired) electrons. The van der Waals surface area contributed by atoms with Gasteiger partial charge in [0.1, 0.15) is 0 Å². The van der Waals surface area contributed by atoms with Crippen LogP contribution in [0.4, 0.5) is 0 Å². The number of carbonyl (C=O) groups excluding carboxylic acids is 1. The van der Waals surface area contributed by atoms with Crippen LogP contribution in [0.3, 0.4) is 0 Å². The Balaban J connectivity index is 2.35. The first-order valence-electron chi connectivity index (χ1n) is 6.53. The summed E-state index contributed by atoms with van der Waals surface area (Å²) in [4.78, 5) is 13.2. The number of nitrogens with one attached hydrogen (secondary N) is 1. The van der Waals surface area contributed by atoms with Crippen molar-refractivity contribution in [3.05, 3.63) is 0 Å². The van der Waals surface area contributed by atoms with E-state index in [9.17, 15) is 9.90 Å². The molecule has 0 aromatic heterocycles. The molecule has 0 saturated carbocycles. The number of amides is 1. The maximum atomic E-state index is 10.9. The smallest absolute Gasteiger partial charge is 0.217 e. The summed E-state index contributed by atoms with van der Waals surface area (Å²) in [6, 6.07) is 0.313. The van der Waals surface area contributed by atoms with E-state index in [1.165, 1.54) is 0 Å². The largest absolute Gasteiger partial charge is 0.389 e. The lowest BCUT2D eigenvalue weighted by Crippen LogP contribution is -2.50. The lowest BCUT2D eigenvalue weighted by molar-refractivity contribution is -0.120. The van der Waals surface area contributed by atoms with Crippen molar-refractivity contribution in [3.63, 3.8) is 0 Å². The molecule has 1 heterocycles. The Morgan fingerprint density at radius 3 is 2.41 bits per heavy atom. The molecule has 1 atom stereocenters. The second kappa shape index (κ2) is 5.83. The number of likely N-dealkylation sites (tertiary alicyclic amines) is 1. The Kier molecular flexibility index (Phi) is 4.95. The first-order valence-corrected chi connectivity index (χ1v) is 6.53. The van der Waals surface area contributed by atoms with E-state index >= 15 is 0 Å². The average molecular weight is 242 g/mol. The molecule has 1 rings (SSSR count). The fourth-order valence-corrected chi connectivity index (χ4v) is 2.16. The van der Waals surface area contributed by atoms with Gasteiger partial charge in [-0.2, -0.15) is 0 Å². The third kappa shape index (κ3) is 4.64. The molecule has 0 aromatic carbocycles. The normalized spacial score (nSPS) is 22.5. The van der Waals surface area contributed by atoms with E-state index in [0.717, 1.165) is 32.5 Å². The quantitative estimate of drug-likeness (QED) is 0.773. The first-order chi connectivity index (χ1) is 7.81. The fourth-order valence-electron chi connectivity index (χ4n) is 2.16. The zero-order valence-corrected chi connectivity index (χ0v) is 11.5. The predicted octanol–water partition coefficient (Wildman–Crippen LogP) is 0.994. The van der Waals surface area contributed by atoms with E-state index in [1.807, 2.05) is 20.8 Å². The summed E-state index contributed by atoms with van der Waals surface area (Å²) >= 11 is 0. The van der Waals surface area contributed by atoms with Gasteiger partial charge in [0.2, 0.25) is 5.91 Å². The predicted molar refractivity (Wildman–Crippen MR) is 68.7 cm³/mol. The summed E-state index contributed by atoms with van der Waals surface area (Å²) in [5.41, 5.74) is -0.624. The molecular weight excluding hydrogens is 216 g/mol. The third-order valence-electron chi connectivity index (χ3n) is 3.78. The van der Waals surface area contributed by atoms with Crippen LogP contribution in [0.5, 0.6) is 0 Å². The Bertz CT molecular complexity index is 256. The van der Waals surface area contributed by atoms with Crippen LogP contribution in [-0.4, -0.2) is 47.2 Å². The second-order valence-electron chi connectivity index (χ2n) is 5.76. The molecule has 100 valence electrons. The molecule has 1 unspecified atom stereocenters. The molecule has 0 aromatic rings. The minimum atomic E-state index is -0.624. The Morgan fingerprint density at radius 2 is 2.00 bits per heavy atom. The Hall–Kier alpha value is -0.610. The number of rotatable bonds is 4. The van der Waals surface area contributed by atoms with Crippen LogP contribution >= 0.6 is 0 Å². The molecule has 1 fully saturated rings. The molecule has 4 heteroatoms. The molecular formula is C13H26N2O2. The van der Waals surface area contributed by atoms with Gasteiger partial charge in [0.05, 0.1) is 5.60 Å². The third-order valence-corrected chi connectivity index (χ3v) is 3.78. The van der Waals surface area contributed by atoms with Crippen molar-refractivity contribution in [2.45, 2.75) is 52.2 Å². The highest BCUT2D eigenvalue weighted by atomic mass is 16.3. The van der Waals surface area contributed by atoms with Crippen molar-refractivity contribution in [1.82, 2.24) is 10.2 Å². The lowest BCUT2D eigenvalue weighted by atomic mass is 9.91. The number of nitrogens with zero attached hydrogens (tertiary/aromatic N) is 1. The maximum absolute atomic E-state index is 10.9. The van der Waals surface area contributed by atoms with Crippen LogP contribution in [0.2, 0.25) is 0 Å². The zero-order chi connectivity index (χ0) is 13.1. The van der Waals surface area contributed by atoms with Crippen molar-refractivity contribution >= 4 is 5.91 Å². The topological polar surface area (TPSA) is 52.6 Å². The van der Waals surface area contributed by atoms with Crippen molar-refractivity contribution in [2.75, 3.05) is 19.6 Å². The van der Waals surface area contributed by atoms with Crippen LogP contribution in [0.15, 0.2) is 0 Å². The van der Waals surface area contributed by atoms with Crippen LogP contribution in [0.1, 0.15) is 40.5 Å². The summed E-state index contributed by atoms with van der Waals surface area (Å²) < 4.78 is 0. The Labute approximate surface area is 104 Å². The maximum Gasteiger partial charge on any atom is 0.217 e. The average Bonchev–Trinajstić information content (AvgIpc) is 2.19. The highest BCUT2D eigenvalue weighted by Gasteiger charge is 2.29. The van der Waals surface area contributed by atoms with E-state index in [-0.39, 0.29) is 11.8 Å². The van der Waals surface area contributed by atoms with Gasteiger partial charge < -0.3 is 15.3 Å². The van der Waals surface area contributed by atoms with Crippen LogP contribution in [-0.2, 0) is 4.79 Å². The van der Waals surface area contributed by atoms with Gasteiger partial charge in [-0.3, -0.25) is 4.79 Å². The summed E-state index contributed by atoms with van der Waals surface area (Å²) in [5.74, 6) is 0.313. The van der Waals surface area contributed by atoms with Crippen LogP contribution in [0, 0.1) is 5.92 Å². The van der Waals surface area contributed by atoms with Crippen molar-refractivity contribution in [2.24, 2.45) is 5.92 Å². The molecule has 4 nitrogen and oxygen atoms in total. The summed E-state index contributed by atoms with van der Waals surface area (Å²) in [7, 11) is 0. The lowest BCUT2D eigenvalue weighted by Gasteiger charge is -2.38. The van der Waals surface area contributed by atoms with Gasteiger partial charge in [0, 0.05) is 32.6 Å². The molecule has 17 heavy (non-hydrogen) atoms. The highest BCUT2D eigenvalue weighted by Crippen LogP contribution is 2.20. The number of aliphatic hydroxyl groups is 1. The summed E-state index contributed by atoms with van der Waals surface area (Å²) in [5, 5.41) is 13.2. The van der Waals surface area contributed by atoms with Gasteiger partial charge in [-0.1, -0.05) is 13.8 Å². The molecule has 1 amide bonds. The number of β-amino-alcohol motifs (C(OH)–C–C–N with tert-alkyl or cyclic N) is 1. The molecule has 2 N–H and O–H groups in total. The van der Waals surface area contributed by atoms with E-state index < -0.39 is 5.60 Å². The highest BCUT2D eigenvalue weighted by molar-refractivity contribution is 5.73. The van der Waals surface area contributed by atoms with Gasteiger partial charge in [-0.25, -0.2) is 0 Å². The minimum absolute atomic E-state index is 0.0534. The molecule has 1 aliphatic rings. The molecule has 1 aliphatic heterocycles. The van der Waals surface area contributed by atoms with Gasteiger partial charge >= 0.3 is 0 Å². The minimum Gasteiger partial charge on any atom is -0.389 e. The SMILES string of the molecule is CC(=O)NC1CCN(CC(C)(O)C(C)C)CC1. The van der Waals surface area contributed by atoms with Gasteiger partial charge in [0.25, 0.3) is 0 Å². The first kappa shape index (κ1) is 14.5. The van der Waals surface area contributed by atoms with E-state index in [4.69, 9.17) is 0 Å². The number of hydrogen-bond donors (Lipinski definition) is 2.